The third-order valence-corrected chi connectivity index (χ3v) is 7.51. The first-order valence-corrected chi connectivity index (χ1v) is 13.4. The van der Waals surface area contributed by atoms with E-state index in [-0.39, 0.29) is 6.10 Å². The van der Waals surface area contributed by atoms with Gasteiger partial charge in [-0.05, 0) is 60.4 Å². The van der Waals surface area contributed by atoms with Gasteiger partial charge in [-0.2, -0.15) is 5.26 Å². The number of anilines is 1. The Balaban J connectivity index is 1.27. The van der Waals surface area contributed by atoms with Gasteiger partial charge in [0, 0.05) is 51.5 Å². The summed E-state index contributed by atoms with van der Waals surface area (Å²) >= 11 is 0. The van der Waals surface area contributed by atoms with Crippen LogP contribution in [0.2, 0.25) is 0 Å². The van der Waals surface area contributed by atoms with Gasteiger partial charge in [-0.15, -0.1) is 0 Å². The normalized spacial score (nSPS) is 16.7. The molecule has 0 aromatic heterocycles. The lowest BCUT2D eigenvalue weighted by atomic mass is 10.1. The fourth-order valence-electron chi connectivity index (χ4n) is 5.25. The Morgan fingerprint density at radius 3 is 2.23 bits per heavy atom. The summed E-state index contributed by atoms with van der Waals surface area (Å²) in [5.74, 6) is -2.29. The summed E-state index contributed by atoms with van der Waals surface area (Å²) in [4.78, 5) is 19.0. The smallest absolute Gasteiger partial charge is 0.259 e. The molecule has 0 N–H and O–H groups in total. The zero-order valence-electron chi connectivity index (χ0n) is 21.9. The quantitative estimate of drug-likeness (QED) is 0.403. The molecule has 0 spiro atoms. The molecule has 0 bridgehead atoms. The fraction of sp³-hybridized carbons (Fsp3) is 0.355. The second-order valence-corrected chi connectivity index (χ2v) is 10.1. The first kappa shape index (κ1) is 26.8. The maximum Gasteiger partial charge on any atom is 0.259 e. The van der Waals surface area contributed by atoms with E-state index in [1.54, 1.807) is 12.1 Å². The molecular formula is C31H32F2N4O2. The number of hydrogen-bond donors (Lipinski definition) is 0. The van der Waals surface area contributed by atoms with E-state index in [1.807, 2.05) is 12.1 Å². The van der Waals surface area contributed by atoms with Gasteiger partial charge in [0.2, 0.25) is 0 Å². The van der Waals surface area contributed by atoms with Gasteiger partial charge < -0.3 is 14.5 Å². The van der Waals surface area contributed by atoms with E-state index in [9.17, 15) is 13.6 Å². The Morgan fingerprint density at radius 2 is 1.56 bits per heavy atom. The van der Waals surface area contributed by atoms with Gasteiger partial charge in [0.15, 0.2) is 0 Å². The third kappa shape index (κ3) is 6.44. The molecule has 1 amide bonds. The Kier molecular flexibility index (Phi) is 8.50. The van der Waals surface area contributed by atoms with Gasteiger partial charge in [-0.1, -0.05) is 30.3 Å². The van der Waals surface area contributed by atoms with E-state index in [0.717, 1.165) is 36.3 Å². The lowest BCUT2D eigenvalue weighted by molar-refractivity contribution is 0.00335. The minimum absolute atomic E-state index is 0.213. The number of benzene rings is 3. The number of carbonyl (C=O) groups excluding carboxylic acids is 1. The van der Waals surface area contributed by atoms with E-state index < -0.39 is 23.1 Å². The van der Waals surface area contributed by atoms with Crippen LogP contribution in [0.15, 0.2) is 66.7 Å². The van der Waals surface area contributed by atoms with E-state index in [0.29, 0.717) is 44.9 Å². The Bertz CT molecular complexity index is 1310. The minimum Gasteiger partial charge on any atom is -0.372 e. The van der Waals surface area contributed by atoms with Gasteiger partial charge in [0.25, 0.3) is 5.91 Å². The van der Waals surface area contributed by atoms with Crippen LogP contribution in [0.25, 0.3) is 0 Å². The van der Waals surface area contributed by atoms with Crippen LogP contribution in [0.3, 0.4) is 0 Å². The number of amides is 1. The molecule has 3 aromatic carbocycles. The monoisotopic (exact) mass is 530 g/mol. The maximum atomic E-state index is 14.2. The Hall–Kier alpha value is -3.80. The molecule has 0 aliphatic carbocycles. The predicted octanol–water partition coefficient (Wildman–Crippen LogP) is 5.15. The zero-order valence-corrected chi connectivity index (χ0v) is 21.9. The first-order valence-electron chi connectivity index (χ1n) is 13.4. The van der Waals surface area contributed by atoms with Crippen molar-refractivity contribution in [3.8, 4) is 6.07 Å². The molecule has 2 saturated heterocycles. The summed E-state index contributed by atoms with van der Waals surface area (Å²) in [7, 11) is 0. The highest BCUT2D eigenvalue weighted by Crippen LogP contribution is 2.28. The minimum atomic E-state index is -0.836. The molecule has 0 saturated carbocycles. The summed E-state index contributed by atoms with van der Waals surface area (Å²) < 4.78 is 34.8. The summed E-state index contributed by atoms with van der Waals surface area (Å²) in [6.07, 6.45) is 2.18. The van der Waals surface area contributed by atoms with Crippen LogP contribution in [0.5, 0.6) is 0 Å². The predicted molar refractivity (Wildman–Crippen MR) is 145 cm³/mol. The van der Waals surface area contributed by atoms with Crippen LogP contribution in [-0.2, 0) is 11.3 Å². The second kappa shape index (κ2) is 12.4. The van der Waals surface area contributed by atoms with Crippen molar-refractivity contribution >= 4 is 11.6 Å². The van der Waals surface area contributed by atoms with Gasteiger partial charge in [-0.3, -0.25) is 9.69 Å². The topological polar surface area (TPSA) is 59.8 Å². The summed E-state index contributed by atoms with van der Waals surface area (Å²) in [5, 5.41) is 9.09. The number of halogens is 2. The molecule has 3 aromatic rings. The molecule has 1 atom stereocenters. The lowest BCUT2D eigenvalue weighted by Gasteiger charge is -2.36. The highest BCUT2D eigenvalue weighted by atomic mass is 19.1. The summed E-state index contributed by atoms with van der Waals surface area (Å²) in [5.41, 5.74) is 3.38. The molecule has 1 unspecified atom stereocenters. The molecule has 2 fully saturated rings. The molecular weight excluding hydrogens is 498 g/mol. The highest BCUT2D eigenvalue weighted by Gasteiger charge is 2.28. The van der Waals surface area contributed by atoms with Crippen LogP contribution < -0.4 is 4.90 Å². The number of rotatable bonds is 8. The SMILES string of the molecule is N#Cc1ccc(COC(CN2CCN(C(=O)c3c(F)cccc3F)CC2)c2cccc(N3CCCC3)c2)cc1. The van der Waals surface area contributed by atoms with Crippen molar-refractivity contribution in [1.82, 2.24) is 9.80 Å². The van der Waals surface area contributed by atoms with E-state index in [2.05, 4.69) is 40.1 Å². The molecule has 0 radical (unpaired) electrons. The van der Waals surface area contributed by atoms with Crippen LogP contribution >= 0.6 is 0 Å². The first-order chi connectivity index (χ1) is 19.0. The van der Waals surface area contributed by atoms with Gasteiger partial charge in [-0.25, -0.2) is 8.78 Å². The summed E-state index contributed by atoms with van der Waals surface area (Å²) in [6.45, 7) is 5.03. The van der Waals surface area contributed by atoms with Crippen LogP contribution in [0.1, 0.15) is 46.0 Å². The molecule has 6 nitrogen and oxygen atoms in total. The zero-order chi connectivity index (χ0) is 27.2. The van der Waals surface area contributed by atoms with Gasteiger partial charge in [0.1, 0.15) is 17.2 Å². The molecule has 39 heavy (non-hydrogen) atoms. The summed E-state index contributed by atoms with van der Waals surface area (Å²) in [6, 6.07) is 21.5. The number of piperazine rings is 1. The Morgan fingerprint density at radius 1 is 0.897 bits per heavy atom. The van der Waals surface area contributed by atoms with Crippen molar-refractivity contribution in [2.24, 2.45) is 0 Å². The van der Waals surface area contributed by atoms with E-state index in [1.165, 1.54) is 29.5 Å². The third-order valence-electron chi connectivity index (χ3n) is 7.51. The number of ether oxygens (including phenoxy) is 1. The van der Waals surface area contributed by atoms with E-state index in [4.69, 9.17) is 10.00 Å². The maximum absolute atomic E-state index is 14.2. The lowest BCUT2D eigenvalue weighted by Crippen LogP contribution is -2.50. The molecule has 202 valence electrons. The molecule has 8 heteroatoms. The molecule has 5 rings (SSSR count). The standard InChI is InChI=1S/C31H32F2N4O2/c32-27-7-4-8-28(33)30(27)31(38)37-17-15-35(16-18-37)21-29(39-22-24-11-9-23(20-34)10-12-24)25-5-3-6-26(19-25)36-13-1-2-14-36/h3-12,19,29H,1-2,13-18,21-22H2. The number of nitriles is 1. The second-order valence-electron chi connectivity index (χ2n) is 10.1. The largest absolute Gasteiger partial charge is 0.372 e. The molecule has 2 aliphatic heterocycles. The Labute approximate surface area is 228 Å². The van der Waals surface area contributed by atoms with E-state index >= 15 is 0 Å². The fourth-order valence-corrected chi connectivity index (χ4v) is 5.25. The van der Waals surface area contributed by atoms with Crippen molar-refractivity contribution in [1.29, 1.82) is 5.26 Å². The van der Waals surface area contributed by atoms with Crippen molar-refractivity contribution in [2.75, 3.05) is 50.7 Å². The van der Waals surface area contributed by atoms with Crippen molar-refractivity contribution < 1.29 is 18.3 Å². The highest BCUT2D eigenvalue weighted by molar-refractivity contribution is 5.94. The van der Waals surface area contributed by atoms with Gasteiger partial charge in [0.05, 0.1) is 24.3 Å². The number of nitrogens with zero attached hydrogens (tertiary/aromatic N) is 4. The van der Waals surface area contributed by atoms with Crippen LogP contribution in [0.4, 0.5) is 14.5 Å². The average Bonchev–Trinajstić information content (AvgIpc) is 3.51. The number of carbonyl (C=O) groups is 1. The van der Waals surface area contributed by atoms with Crippen LogP contribution in [0, 0.1) is 23.0 Å². The van der Waals surface area contributed by atoms with Crippen molar-refractivity contribution in [3.05, 3.63) is 101 Å². The average molecular weight is 531 g/mol. The molecule has 2 heterocycles. The van der Waals surface area contributed by atoms with Crippen LogP contribution in [-0.4, -0.2) is 61.5 Å². The van der Waals surface area contributed by atoms with Gasteiger partial charge >= 0.3 is 0 Å². The molecule has 2 aliphatic rings. The van der Waals surface area contributed by atoms with Crippen molar-refractivity contribution in [2.45, 2.75) is 25.6 Å². The number of hydrogen-bond acceptors (Lipinski definition) is 5. The van der Waals surface area contributed by atoms with Crippen molar-refractivity contribution in [3.63, 3.8) is 0 Å².